The van der Waals surface area contributed by atoms with Crippen LogP contribution < -0.4 is 10.5 Å². The third-order valence-electron chi connectivity index (χ3n) is 3.96. The summed E-state index contributed by atoms with van der Waals surface area (Å²) in [5, 5.41) is 0. The van der Waals surface area contributed by atoms with E-state index in [4.69, 9.17) is 5.73 Å². The lowest BCUT2D eigenvalue weighted by Crippen LogP contribution is -2.49. The van der Waals surface area contributed by atoms with E-state index < -0.39 is 10.0 Å². The van der Waals surface area contributed by atoms with E-state index >= 15 is 0 Å². The summed E-state index contributed by atoms with van der Waals surface area (Å²) in [7, 11) is -3.41. The van der Waals surface area contributed by atoms with Gasteiger partial charge in [0.1, 0.15) is 4.21 Å². The normalized spacial score (nSPS) is 19.7. The highest BCUT2D eigenvalue weighted by molar-refractivity contribution is 7.91. The van der Waals surface area contributed by atoms with E-state index in [9.17, 15) is 8.42 Å². The minimum absolute atomic E-state index is 0.342. The predicted octanol–water partition coefficient (Wildman–Crippen LogP) is 2.64. The van der Waals surface area contributed by atoms with Crippen molar-refractivity contribution in [3.8, 4) is 0 Å². The summed E-state index contributed by atoms with van der Waals surface area (Å²) in [5.41, 5.74) is 5.97. The van der Waals surface area contributed by atoms with E-state index in [2.05, 4.69) is 4.72 Å². The molecule has 0 aromatic carbocycles. The van der Waals surface area contributed by atoms with Crippen LogP contribution in [0.15, 0.2) is 16.3 Å². The average Bonchev–Trinajstić information content (AvgIpc) is 2.81. The third-order valence-corrected chi connectivity index (χ3v) is 7.09. The molecule has 3 N–H and O–H groups in total. The van der Waals surface area contributed by atoms with Crippen LogP contribution in [0, 0.1) is 0 Å². The van der Waals surface area contributed by atoms with Crippen LogP contribution >= 0.6 is 11.3 Å². The van der Waals surface area contributed by atoms with Gasteiger partial charge in [-0.25, -0.2) is 13.1 Å². The fourth-order valence-corrected chi connectivity index (χ4v) is 5.09. The van der Waals surface area contributed by atoms with Gasteiger partial charge in [0.2, 0.25) is 10.0 Å². The van der Waals surface area contributed by atoms with Crippen molar-refractivity contribution in [3.63, 3.8) is 0 Å². The van der Waals surface area contributed by atoms with E-state index in [0.29, 0.717) is 10.8 Å². The first-order valence-corrected chi connectivity index (χ1v) is 9.62. The van der Waals surface area contributed by atoms with Crippen molar-refractivity contribution in [2.24, 2.45) is 5.73 Å². The highest BCUT2D eigenvalue weighted by atomic mass is 32.2. The maximum absolute atomic E-state index is 12.3. The fraction of sp³-hybridized carbons (Fsp3) is 0.714. The second-order valence-corrected chi connectivity index (χ2v) is 8.84. The Balaban J connectivity index is 2.01. The van der Waals surface area contributed by atoms with Crippen LogP contribution in [-0.2, 0) is 16.4 Å². The number of nitrogens with one attached hydrogen (secondary N) is 1. The van der Waals surface area contributed by atoms with Crippen molar-refractivity contribution in [1.29, 1.82) is 0 Å². The van der Waals surface area contributed by atoms with Crippen molar-refractivity contribution >= 4 is 21.4 Å². The monoisotopic (exact) mass is 316 g/mol. The van der Waals surface area contributed by atoms with Gasteiger partial charge in [-0.3, -0.25) is 0 Å². The van der Waals surface area contributed by atoms with Crippen molar-refractivity contribution in [3.05, 3.63) is 17.0 Å². The van der Waals surface area contributed by atoms with Crippen LogP contribution in [0.3, 0.4) is 0 Å². The maximum Gasteiger partial charge on any atom is 0.250 e. The molecule has 0 spiro atoms. The Morgan fingerprint density at radius 3 is 2.45 bits per heavy atom. The molecule has 0 bridgehead atoms. The van der Waals surface area contributed by atoms with Gasteiger partial charge in [0.25, 0.3) is 0 Å². The number of sulfonamides is 1. The zero-order valence-corrected chi connectivity index (χ0v) is 13.7. The lowest BCUT2D eigenvalue weighted by molar-refractivity contribution is 0.369. The van der Waals surface area contributed by atoms with Crippen molar-refractivity contribution in [2.75, 3.05) is 6.54 Å². The molecule has 4 nitrogen and oxygen atoms in total. The molecule has 0 radical (unpaired) electrons. The summed E-state index contributed by atoms with van der Waals surface area (Å²) < 4.78 is 27.7. The van der Waals surface area contributed by atoms with Crippen LogP contribution in [0.2, 0.25) is 0 Å². The number of nitrogens with two attached hydrogens (primary N) is 1. The second kappa shape index (κ2) is 6.56. The van der Waals surface area contributed by atoms with E-state index in [1.807, 2.05) is 13.0 Å². The Bertz CT molecular complexity index is 529. The molecule has 0 aliphatic heterocycles. The first kappa shape index (κ1) is 15.9. The van der Waals surface area contributed by atoms with Gasteiger partial charge in [0.05, 0.1) is 0 Å². The Labute approximate surface area is 125 Å². The molecule has 1 aromatic rings. The van der Waals surface area contributed by atoms with Gasteiger partial charge in [-0.15, -0.1) is 11.3 Å². The lowest BCUT2D eigenvalue weighted by Gasteiger charge is -2.28. The first-order chi connectivity index (χ1) is 9.45. The number of thiophene rings is 1. The molecule has 0 atom stereocenters. The minimum atomic E-state index is -3.41. The molecule has 20 heavy (non-hydrogen) atoms. The molecule has 0 unspecified atom stereocenters. The van der Waals surface area contributed by atoms with Gasteiger partial charge >= 0.3 is 0 Å². The molecule has 2 rings (SSSR count). The SMILES string of the molecule is CCc1ccc(S(=O)(=O)NCC2(N)CCCCCC2)s1. The largest absolute Gasteiger partial charge is 0.324 e. The summed E-state index contributed by atoms with van der Waals surface area (Å²) in [4.78, 5) is 1.09. The molecule has 1 fully saturated rings. The van der Waals surface area contributed by atoms with Crippen LogP contribution in [0.5, 0.6) is 0 Å². The van der Waals surface area contributed by atoms with Crippen LogP contribution in [-0.4, -0.2) is 20.5 Å². The van der Waals surface area contributed by atoms with E-state index in [1.165, 1.54) is 24.2 Å². The number of hydrogen-bond acceptors (Lipinski definition) is 4. The fourth-order valence-electron chi connectivity index (χ4n) is 2.61. The highest BCUT2D eigenvalue weighted by Gasteiger charge is 2.28. The van der Waals surface area contributed by atoms with E-state index in [-0.39, 0.29) is 5.54 Å². The van der Waals surface area contributed by atoms with Crippen molar-refractivity contribution in [1.82, 2.24) is 4.72 Å². The maximum atomic E-state index is 12.3. The molecule has 1 heterocycles. The standard InChI is InChI=1S/C14H24N2O2S2/c1-2-12-7-8-13(19-12)20(17,18)16-11-14(15)9-5-3-4-6-10-14/h7-8,16H,2-6,9-11,15H2,1H3. The Kier molecular flexibility index (Phi) is 5.23. The van der Waals surface area contributed by atoms with Crippen LogP contribution in [0.4, 0.5) is 0 Å². The first-order valence-electron chi connectivity index (χ1n) is 7.32. The zero-order valence-electron chi connectivity index (χ0n) is 12.0. The molecule has 114 valence electrons. The smallest absolute Gasteiger partial charge is 0.250 e. The van der Waals surface area contributed by atoms with Gasteiger partial charge in [-0.1, -0.05) is 32.6 Å². The van der Waals surface area contributed by atoms with Crippen LogP contribution in [0.25, 0.3) is 0 Å². The van der Waals surface area contributed by atoms with Gasteiger partial charge in [-0.05, 0) is 31.4 Å². The summed E-state index contributed by atoms with van der Waals surface area (Å²) in [6.45, 7) is 2.37. The molecule has 0 amide bonds. The van der Waals surface area contributed by atoms with Crippen LogP contribution in [0.1, 0.15) is 50.3 Å². The topological polar surface area (TPSA) is 72.2 Å². The third kappa shape index (κ3) is 4.04. The van der Waals surface area contributed by atoms with E-state index in [1.54, 1.807) is 6.07 Å². The summed E-state index contributed by atoms with van der Waals surface area (Å²) in [6, 6.07) is 3.56. The second-order valence-electron chi connectivity index (χ2n) is 5.68. The Hall–Kier alpha value is -0.430. The summed E-state index contributed by atoms with van der Waals surface area (Å²) >= 11 is 1.34. The van der Waals surface area contributed by atoms with Crippen molar-refractivity contribution < 1.29 is 8.42 Å². The van der Waals surface area contributed by atoms with Gasteiger partial charge in [-0.2, -0.15) is 0 Å². The van der Waals surface area contributed by atoms with E-state index in [0.717, 1.165) is 37.0 Å². The molecule has 1 aliphatic rings. The summed E-state index contributed by atoms with van der Waals surface area (Å²) in [5.74, 6) is 0. The zero-order chi connectivity index (χ0) is 14.6. The molecule has 1 aliphatic carbocycles. The van der Waals surface area contributed by atoms with Gasteiger partial charge in [0, 0.05) is 17.0 Å². The molecular formula is C14H24N2O2S2. The average molecular weight is 316 g/mol. The molecule has 6 heteroatoms. The lowest BCUT2D eigenvalue weighted by atomic mass is 9.92. The summed E-state index contributed by atoms with van der Waals surface area (Å²) in [6.07, 6.45) is 7.27. The predicted molar refractivity (Wildman–Crippen MR) is 83.5 cm³/mol. The Morgan fingerprint density at radius 2 is 1.90 bits per heavy atom. The van der Waals surface area contributed by atoms with Crippen molar-refractivity contribution in [2.45, 2.75) is 61.6 Å². The highest BCUT2D eigenvalue weighted by Crippen LogP contribution is 2.26. The number of aryl methyl sites for hydroxylation is 1. The number of rotatable bonds is 5. The minimum Gasteiger partial charge on any atom is -0.324 e. The molecule has 1 saturated carbocycles. The molecule has 0 saturated heterocycles. The molecule has 1 aromatic heterocycles. The Morgan fingerprint density at radius 1 is 1.25 bits per heavy atom. The van der Waals surface area contributed by atoms with Gasteiger partial charge in [0.15, 0.2) is 0 Å². The van der Waals surface area contributed by atoms with Gasteiger partial charge < -0.3 is 5.73 Å². The quantitative estimate of drug-likeness (QED) is 0.820. The molecular weight excluding hydrogens is 292 g/mol. The number of hydrogen-bond donors (Lipinski definition) is 2.